The molecule has 0 radical (unpaired) electrons. The van der Waals surface area contributed by atoms with Gasteiger partial charge in [0.1, 0.15) is 5.58 Å². The Balaban J connectivity index is 1.49. The van der Waals surface area contributed by atoms with Crippen LogP contribution >= 0.6 is 0 Å². The van der Waals surface area contributed by atoms with Gasteiger partial charge in [0.15, 0.2) is 0 Å². The van der Waals surface area contributed by atoms with E-state index in [0.717, 1.165) is 30.4 Å². The van der Waals surface area contributed by atoms with Crippen LogP contribution in [-0.4, -0.2) is 24.0 Å². The van der Waals surface area contributed by atoms with Crippen LogP contribution in [0.15, 0.2) is 41.0 Å². The maximum Gasteiger partial charge on any atom is 0.134 e. The molecular formula is C20H25NO. The predicted octanol–water partition coefficient (Wildman–Crippen LogP) is 4.57. The molecule has 3 atom stereocenters. The molecule has 0 saturated carbocycles. The lowest BCUT2D eigenvalue weighted by Crippen LogP contribution is -2.50. The van der Waals surface area contributed by atoms with E-state index in [4.69, 9.17) is 4.42 Å². The minimum atomic E-state index is 0.662. The van der Waals surface area contributed by atoms with E-state index < -0.39 is 0 Å². The second-order valence-electron chi connectivity index (χ2n) is 7.05. The number of piperidine rings is 1. The molecule has 0 N–H and O–H groups in total. The highest BCUT2D eigenvalue weighted by molar-refractivity contribution is 5.81. The van der Waals surface area contributed by atoms with E-state index in [-0.39, 0.29) is 0 Å². The van der Waals surface area contributed by atoms with E-state index in [1.165, 1.54) is 35.9 Å². The summed E-state index contributed by atoms with van der Waals surface area (Å²) in [4.78, 5) is 2.69. The average molecular weight is 295 g/mol. The van der Waals surface area contributed by atoms with Crippen LogP contribution in [0.2, 0.25) is 0 Å². The second kappa shape index (κ2) is 5.58. The van der Waals surface area contributed by atoms with Crippen LogP contribution in [0, 0.1) is 18.8 Å². The number of hydrogen-bond acceptors (Lipinski definition) is 2. The fraction of sp³-hybridized carbons (Fsp3) is 0.500. The second-order valence-corrected chi connectivity index (χ2v) is 7.05. The average Bonchev–Trinajstić information content (AvgIpc) is 2.95. The maximum atomic E-state index is 5.74. The predicted molar refractivity (Wildman–Crippen MR) is 91.0 cm³/mol. The number of rotatable bonds is 4. The van der Waals surface area contributed by atoms with Crippen LogP contribution in [0.3, 0.4) is 0 Å². The molecule has 0 amide bonds. The van der Waals surface area contributed by atoms with Crippen molar-refractivity contribution in [1.82, 2.24) is 4.90 Å². The summed E-state index contributed by atoms with van der Waals surface area (Å²) in [7, 11) is 0. The van der Waals surface area contributed by atoms with Gasteiger partial charge in [0, 0.05) is 24.5 Å². The fourth-order valence-electron chi connectivity index (χ4n) is 4.31. The van der Waals surface area contributed by atoms with Gasteiger partial charge in [-0.3, -0.25) is 4.90 Å². The Labute approximate surface area is 132 Å². The lowest BCUT2D eigenvalue weighted by Gasteiger charge is -2.46. The summed E-state index contributed by atoms with van der Waals surface area (Å²) in [5, 5.41) is 1.29. The molecule has 5 rings (SSSR count). The highest BCUT2D eigenvalue weighted by atomic mass is 16.3. The van der Waals surface area contributed by atoms with Gasteiger partial charge in [-0.25, -0.2) is 0 Å². The summed E-state index contributed by atoms with van der Waals surface area (Å²) in [6, 6.07) is 7.19. The Morgan fingerprint density at radius 3 is 3.00 bits per heavy atom. The molecular weight excluding hydrogens is 270 g/mol. The van der Waals surface area contributed by atoms with Gasteiger partial charge >= 0.3 is 0 Å². The largest absolute Gasteiger partial charge is 0.464 e. The van der Waals surface area contributed by atoms with E-state index in [1.54, 1.807) is 0 Å². The molecule has 1 aliphatic carbocycles. The first-order valence-electron chi connectivity index (χ1n) is 8.63. The zero-order valence-corrected chi connectivity index (χ0v) is 13.6. The molecule has 2 heteroatoms. The third kappa shape index (κ3) is 2.40. The normalized spacial score (nSPS) is 27.8. The van der Waals surface area contributed by atoms with Gasteiger partial charge in [-0.1, -0.05) is 37.6 Å². The Bertz CT molecular complexity index is 699. The molecule has 1 saturated heterocycles. The van der Waals surface area contributed by atoms with Gasteiger partial charge in [0.25, 0.3) is 0 Å². The molecule has 0 spiro atoms. The number of nitrogens with zero attached hydrogens (tertiary/aromatic N) is 1. The lowest BCUT2D eigenvalue weighted by atomic mass is 9.76. The lowest BCUT2D eigenvalue weighted by molar-refractivity contribution is 0.0826. The molecule has 3 unspecified atom stereocenters. The highest BCUT2D eigenvalue weighted by Crippen LogP contribution is 2.36. The molecule has 2 aromatic rings. The fourth-order valence-corrected chi connectivity index (χ4v) is 4.31. The van der Waals surface area contributed by atoms with Crippen molar-refractivity contribution in [3.8, 4) is 0 Å². The Hall–Kier alpha value is -1.54. The van der Waals surface area contributed by atoms with E-state index in [9.17, 15) is 0 Å². The summed E-state index contributed by atoms with van der Waals surface area (Å²) in [5.41, 5.74) is 3.65. The quantitative estimate of drug-likeness (QED) is 0.768. The molecule has 2 aliphatic heterocycles. The van der Waals surface area contributed by atoms with Crippen molar-refractivity contribution in [2.45, 2.75) is 39.2 Å². The number of furan rings is 1. The van der Waals surface area contributed by atoms with Gasteiger partial charge in [-0.15, -0.1) is 0 Å². The Morgan fingerprint density at radius 2 is 2.18 bits per heavy atom. The van der Waals surface area contributed by atoms with Gasteiger partial charge in [-0.2, -0.15) is 0 Å². The smallest absolute Gasteiger partial charge is 0.134 e. The SMILES string of the molecule is CCC1CC2C=CC1N(CCc1coc3cc(C)ccc13)C2. The third-order valence-corrected chi connectivity index (χ3v) is 5.56. The molecule has 3 aliphatic rings. The van der Waals surface area contributed by atoms with Crippen molar-refractivity contribution < 1.29 is 4.42 Å². The zero-order chi connectivity index (χ0) is 15.1. The third-order valence-electron chi connectivity index (χ3n) is 5.56. The first-order chi connectivity index (χ1) is 10.7. The zero-order valence-electron chi connectivity index (χ0n) is 13.6. The van der Waals surface area contributed by atoms with Crippen LogP contribution in [0.1, 0.15) is 30.9 Å². The minimum Gasteiger partial charge on any atom is -0.464 e. The summed E-state index contributed by atoms with van der Waals surface area (Å²) in [6.45, 7) is 6.84. The van der Waals surface area contributed by atoms with Crippen LogP contribution in [0.4, 0.5) is 0 Å². The highest BCUT2D eigenvalue weighted by Gasteiger charge is 2.35. The molecule has 1 fully saturated rings. The summed E-state index contributed by atoms with van der Waals surface area (Å²) < 4.78 is 5.74. The molecule has 2 nitrogen and oxygen atoms in total. The van der Waals surface area contributed by atoms with Crippen molar-refractivity contribution in [1.29, 1.82) is 0 Å². The monoisotopic (exact) mass is 295 g/mol. The van der Waals surface area contributed by atoms with Crippen molar-refractivity contribution in [2.24, 2.45) is 11.8 Å². The van der Waals surface area contributed by atoms with E-state index in [2.05, 4.69) is 49.1 Å². The molecule has 3 heterocycles. The van der Waals surface area contributed by atoms with Crippen molar-refractivity contribution in [2.75, 3.05) is 13.1 Å². The van der Waals surface area contributed by atoms with E-state index in [1.807, 2.05) is 6.26 Å². The number of benzene rings is 1. The van der Waals surface area contributed by atoms with Crippen LogP contribution < -0.4 is 0 Å². The first kappa shape index (κ1) is 14.1. The summed E-state index contributed by atoms with van der Waals surface area (Å²) in [6.07, 6.45) is 10.6. The van der Waals surface area contributed by atoms with Gasteiger partial charge in [0.05, 0.1) is 6.26 Å². The van der Waals surface area contributed by atoms with Crippen LogP contribution in [0.5, 0.6) is 0 Å². The molecule has 116 valence electrons. The molecule has 2 bridgehead atoms. The molecule has 22 heavy (non-hydrogen) atoms. The van der Waals surface area contributed by atoms with Crippen molar-refractivity contribution in [3.05, 3.63) is 47.7 Å². The van der Waals surface area contributed by atoms with E-state index >= 15 is 0 Å². The van der Waals surface area contributed by atoms with Crippen molar-refractivity contribution in [3.63, 3.8) is 0 Å². The summed E-state index contributed by atoms with van der Waals surface area (Å²) >= 11 is 0. The van der Waals surface area contributed by atoms with Gasteiger partial charge in [0.2, 0.25) is 0 Å². The minimum absolute atomic E-state index is 0.662. The van der Waals surface area contributed by atoms with Crippen LogP contribution in [0.25, 0.3) is 11.0 Å². The van der Waals surface area contributed by atoms with Gasteiger partial charge in [-0.05, 0) is 48.8 Å². The van der Waals surface area contributed by atoms with Crippen LogP contribution in [-0.2, 0) is 6.42 Å². The molecule has 1 aromatic carbocycles. The van der Waals surface area contributed by atoms with Crippen molar-refractivity contribution >= 4 is 11.0 Å². The summed E-state index contributed by atoms with van der Waals surface area (Å²) in [5.74, 6) is 1.63. The van der Waals surface area contributed by atoms with E-state index in [0.29, 0.717) is 6.04 Å². The number of aryl methyl sites for hydroxylation is 1. The standard InChI is InChI=1S/C20H25NO/c1-3-16-11-15-5-7-19(16)21(12-15)9-8-17-13-22-20-10-14(2)4-6-18(17)20/h4-7,10,13,15-16,19H,3,8-9,11-12H2,1-2H3. The van der Waals surface area contributed by atoms with Gasteiger partial charge < -0.3 is 4.42 Å². The topological polar surface area (TPSA) is 16.4 Å². The first-order valence-corrected chi connectivity index (χ1v) is 8.63. The number of fused-ring (bicyclic) bond motifs is 3. The molecule has 1 aromatic heterocycles. The Morgan fingerprint density at radius 1 is 1.27 bits per heavy atom. The Kier molecular flexibility index (Phi) is 3.57. The number of hydrogen-bond donors (Lipinski definition) is 0. The maximum absolute atomic E-state index is 5.74.